The van der Waals surface area contributed by atoms with Crippen molar-refractivity contribution in [3.63, 3.8) is 0 Å². The maximum Gasteiger partial charge on any atom is 0.272 e. The van der Waals surface area contributed by atoms with Crippen molar-refractivity contribution in [2.75, 3.05) is 7.11 Å². The fraction of sp³-hybridized carbons (Fsp3) is 0.286. The lowest BCUT2D eigenvalue weighted by atomic mass is 9.90. The van der Waals surface area contributed by atoms with Crippen molar-refractivity contribution in [3.8, 4) is 5.75 Å². The third-order valence-electron chi connectivity index (χ3n) is 4.47. The molecule has 4 N–H and O–H groups in total. The molecule has 2 heterocycles. The number of methoxy groups -OCH3 is 1. The predicted molar refractivity (Wildman–Crippen MR) is 110 cm³/mol. The molecule has 0 radical (unpaired) electrons. The Morgan fingerprint density at radius 2 is 1.76 bits per heavy atom. The standard InChI is InChI=1S/C21H24N4O4/c1-21(2,3)18-14(22-11-23-18)9-16-20(28)24-15(19(27)25-16)8-13-6-5-12(10-26)7-17(13)29-4/h5-9,11,26H,10H2,1-4H3,(H,22,23)(H,24,28)(H,25,27)/b15-8-,16-9-. The summed E-state index contributed by atoms with van der Waals surface area (Å²) in [7, 11) is 1.50. The Hall–Kier alpha value is -3.39. The lowest BCUT2D eigenvalue weighted by molar-refractivity contribution is 0.281. The fourth-order valence-electron chi connectivity index (χ4n) is 2.98. The van der Waals surface area contributed by atoms with E-state index in [1.54, 1.807) is 30.6 Å². The van der Waals surface area contributed by atoms with Crippen LogP contribution in [0.2, 0.25) is 0 Å². The van der Waals surface area contributed by atoms with E-state index in [4.69, 9.17) is 4.74 Å². The lowest BCUT2D eigenvalue weighted by Gasteiger charge is -2.16. The first-order valence-corrected chi connectivity index (χ1v) is 9.10. The molecule has 0 aliphatic heterocycles. The molecule has 8 heteroatoms. The van der Waals surface area contributed by atoms with Crippen LogP contribution in [0.5, 0.6) is 5.75 Å². The van der Waals surface area contributed by atoms with E-state index in [0.717, 1.165) is 5.69 Å². The number of hydrogen-bond donors (Lipinski definition) is 4. The predicted octanol–water partition coefficient (Wildman–Crippen LogP) is 0.242. The fourth-order valence-corrected chi connectivity index (χ4v) is 2.98. The van der Waals surface area contributed by atoms with E-state index in [0.29, 0.717) is 22.6 Å². The summed E-state index contributed by atoms with van der Waals surface area (Å²) in [5, 5.41) is 9.46. The molecule has 0 unspecified atom stereocenters. The van der Waals surface area contributed by atoms with Crippen LogP contribution in [-0.4, -0.2) is 32.2 Å². The van der Waals surface area contributed by atoms with Gasteiger partial charge in [0.25, 0.3) is 11.1 Å². The van der Waals surface area contributed by atoms with Crippen LogP contribution in [0, 0.1) is 0 Å². The van der Waals surface area contributed by atoms with Crippen molar-refractivity contribution in [2.45, 2.75) is 32.8 Å². The topological polar surface area (TPSA) is 124 Å². The Morgan fingerprint density at radius 1 is 1.10 bits per heavy atom. The average molecular weight is 396 g/mol. The Labute approximate surface area is 166 Å². The number of rotatable bonds is 4. The first-order valence-electron chi connectivity index (χ1n) is 9.10. The molecule has 0 spiro atoms. The molecule has 2 aromatic heterocycles. The van der Waals surface area contributed by atoms with Crippen LogP contribution in [0.3, 0.4) is 0 Å². The minimum absolute atomic E-state index is 0.0975. The number of aliphatic hydroxyl groups excluding tert-OH is 1. The van der Waals surface area contributed by atoms with Gasteiger partial charge in [-0.3, -0.25) is 9.59 Å². The second kappa shape index (κ2) is 7.92. The highest BCUT2D eigenvalue weighted by Crippen LogP contribution is 2.23. The van der Waals surface area contributed by atoms with Gasteiger partial charge in [-0.15, -0.1) is 0 Å². The van der Waals surface area contributed by atoms with Gasteiger partial charge in [0.2, 0.25) is 0 Å². The van der Waals surface area contributed by atoms with Gasteiger partial charge < -0.3 is 24.8 Å². The summed E-state index contributed by atoms with van der Waals surface area (Å²) in [6, 6.07) is 5.10. The Balaban J connectivity index is 2.13. The van der Waals surface area contributed by atoms with Crippen LogP contribution in [-0.2, 0) is 12.0 Å². The summed E-state index contributed by atoms with van der Waals surface area (Å²) in [5.74, 6) is 0.485. The van der Waals surface area contributed by atoms with Crippen LogP contribution >= 0.6 is 0 Å². The van der Waals surface area contributed by atoms with Gasteiger partial charge in [-0.05, 0) is 23.8 Å². The average Bonchev–Trinajstić information content (AvgIpc) is 3.14. The normalized spacial score (nSPS) is 13.1. The summed E-state index contributed by atoms with van der Waals surface area (Å²) in [4.78, 5) is 37.7. The van der Waals surface area contributed by atoms with Crippen molar-refractivity contribution < 1.29 is 9.84 Å². The quantitative estimate of drug-likeness (QED) is 0.503. The Morgan fingerprint density at radius 3 is 2.34 bits per heavy atom. The van der Waals surface area contributed by atoms with Crippen LogP contribution in [0.15, 0.2) is 34.1 Å². The third-order valence-corrected chi connectivity index (χ3v) is 4.47. The summed E-state index contributed by atoms with van der Waals surface area (Å²) in [6.07, 6.45) is 4.64. The van der Waals surface area contributed by atoms with E-state index < -0.39 is 11.1 Å². The zero-order valence-electron chi connectivity index (χ0n) is 16.8. The van der Waals surface area contributed by atoms with Gasteiger partial charge in [-0.2, -0.15) is 0 Å². The molecule has 0 amide bonds. The van der Waals surface area contributed by atoms with Crippen molar-refractivity contribution >= 4 is 12.2 Å². The number of aromatic amines is 3. The van der Waals surface area contributed by atoms with Gasteiger partial charge >= 0.3 is 0 Å². The SMILES string of the molecule is COc1cc(CO)ccc1/C=c1\[nH]c(=O)/c(=C/c2nc[nH]c2C(C)(C)C)[nH]c1=O. The number of ether oxygens (including phenoxy) is 1. The molecule has 152 valence electrons. The highest BCUT2D eigenvalue weighted by Gasteiger charge is 2.19. The smallest absolute Gasteiger partial charge is 0.272 e. The molecule has 0 atom stereocenters. The largest absolute Gasteiger partial charge is 0.496 e. The van der Waals surface area contributed by atoms with Gasteiger partial charge in [0.05, 0.1) is 25.7 Å². The number of nitrogens with zero attached hydrogens (tertiary/aromatic N) is 1. The number of H-pyrrole nitrogens is 3. The minimum atomic E-state index is -0.447. The Kier molecular flexibility index (Phi) is 5.56. The maximum atomic E-state index is 12.5. The van der Waals surface area contributed by atoms with Gasteiger partial charge in [-0.25, -0.2) is 4.98 Å². The number of aromatic nitrogens is 4. The molecule has 1 aromatic carbocycles. The van der Waals surface area contributed by atoms with E-state index in [1.165, 1.54) is 13.2 Å². The second-order valence-corrected chi connectivity index (χ2v) is 7.67. The molecule has 0 aliphatic carbocycles. The second-order valence-electron chi connectivity index (χ2n) is 7.67. The monoisotopic (exact) mass is 396 g/mol. The number of nitrogens with one attached hydrogen (secondary N) is 3. The van der Waals surface area contributed by atoms with Crippen molar-refractivity contribution in [2.24, 2.45) is 0 Å². The highest BCUT2D eigenvalue weighted by atomic mass is 16.5. The summed E-state index contributed by atoms with van der Waals surface area (Å²) < 4.78 is 5.30. The van der Waals surface area contributed by atoms with Gasteiger partial charge in [0, 0.05) is 16.7 Å². The van der Waals surface area contributed by atoms with Gasteiger partial charge in [0.15, 0.2) is 0 Å². The molecule has 0 fully saturated rings. The zero-order valence-corrected chi connectivity index (χ0v) is 16.8. The molecule has 0 bridgehead atoms. The summed E-state index contributed by atoms with van der Waals surface area (Å²) in [6.45, 7) is 5.96. The molecule has 3 aromatic rings. The molecular weight excluding hydrogens is 372 g/mol. The van der Waals surface area contributed by atoms with E-state index in [2.05, 4.69) is 19.9 Å². The van der Waals surface area contributed by atoms with E-state index in [9.17, 15) is 14.7 Å². The number of imidazole rings is 1. The molecule has 0 saturated heterocycles. The van der Waals surface area contributed by atoms with Crippen LogP contribution in [0.1, 0.15) is 43.3 Å². The molecule has 29 heavy (non-hydrogen) atoms. The van der Waals surface area contributed by atoms with E-state index in [-0.39, 0.29) is 22.7 Å². The van der Waals surface area contributed by atoms with Crippen molar-refractivity contribution in [3.05, 3.63) is 78.4 Å². The molecule has 8 nitrogen and oxygen atoms in total. The third kappa shape index (κ3) is 4.38. The Bertz CT molecular complexity index is 1260. The van der Waals surface area contributed by atoms with Crippen molar-refractivity contribution in [1.29, 1.82) is 0 Å². The van der Waals surface area contributed by atoms with Crippen LogP contribution in [0.25, 0.3) is 12.2 Å². The number of hydrogen-bond acceptors (Lipinski definition) is 5. The summed E-state index contributed by atoms with van der Waals surface area (Å²) in [5.41, 5.74) is 1.66. The van der Waals surface area contributed by atoms with E-state index >= 15 is 0 Å². The number of benzene rings is 1. The zero-order chi connectivity index (χ0) is 21.2. The first kappa shape index (κ1) is 20.3. The molecular formula is C21H24N4O4. The van der Waals surface area contributed by atoms with Gasteiger partial charge in [-0.1, -0.05) is 32.9 Å². The highest BCUT2D eigenvalue weighted by molar-refractivity contribution is 5.57. The maximum absolute atomic E-state index is 12.5. The van der Waals surface area contributed by atoms with Gasteiger partial charge in [0.1, 0.15) is 16.4 Å². The number of aliphatic hydroxyl groups is 1. The van der Waals surface area contributed by atoms with Crippen LogP contribution in [0.4, 0.5) is 0 Å². The van der Waals surface area contributed by atoms with E-state index in [1.807, 2.05) is 20.8 Å². The minimum Gasteiger partial charge on any atom is -0.496 e. The molecule has 0 saturated carbocycles. The summed E-state index contributed by atoms with van der Waals surface area (Å²) >= 11 is 0. The molecule has 3 rings (SSSR count). The first-order chi connectivity index (χ1) is 13.7. The van der Waals surface area contributed by atoms with Crippen molar-refractivity contribution in [1.82, 2.24) is 19.9 Å². The molecule has 0 aliphatic rings. The lowest BCUT2D eigenvalue weighted by Crippen LogP contribution is -2.46. The van der Waals surface area contributed by atoms with Crippen LogP contribution < -0.4 is 26.6 Å².